The first-order valence-corrected chi connectivity index (χ1v) is 13.2. The second kappa shape index (κ2) is 12.7. The van der Waals surface area contributed by atoms with Gasteiger partial charge in [-0.3, -0.25) is 4.90 Å². The second-order valence-corrected chi connectivity index (χ2v) is 9.84. The Balaban J connectivity index is 0.00000172. The van der Waals surface area contributed by atoms with Crippen LogP contribution in [0.25, 0.3) is 11.0 Å². The van der Waals surface area contributed by atoms with Crippen molar-refractivity contribution in [3.8, 4) is 0 Å². The minimum absolute atomic E-state index is 0.00125. The Kier molecular flexibility index (Phi) is 9.29. The number of rotatable bonds is 6. The van der Waals surface area contributed by atoms with E-state index >= 15 is 0 Å². The van der Waals surface area contributed by atoms with E-state index in [4.69, 9.17) is 19.6 Å². The van der Waals surface area contributed by atoms with Crippen LogP contribution in [-0.2, 0) is 27.1 Å². The highest BCUT2D eigenvalue weighted by atomic mass is 19.3. The van der Waals surface area contributed by atoms with E-state index < -0.39 is 18.4 Å². The number of alkyl halides is 2. The van der Waals surface area contributed by atoms with E-state index in [1.165, 1.54) is 19.2 Å². The maximum Gasteiger partial charge on any atom is 0.414 e. The predicted molar refractivity (Wildman–Crippen MR) is 144 cm³/mol. The highest BCUT2D eigenvalue weighted by molar-refractivity contribution is 5.95. The van der Waals surface area contributed by atoms with E-state index in [9.17, 15) is 18.4 Å². The highest BCUT2D eigenvalue weighted by Gasteiger charge is 2.33. The standard InChI is InChI=1S/C28H31F2N3O4.CH4O/c1-17-5-10-22-23(32(17)28(35)36-2)11-12-24-26(22)31-25(33(24)21-4-3-13-37-16-21)14-20(15-34)18-6-8-19(9-7-18)27(29)30;1-2/h6-9,11-12,15,17,20-21,27H,3-5,10,13-14,16H2,1-2H3;2H,1H3. The maximum absolute atomic E-state index is 13.0. The van der Waals surface area contributed by atoms with Crippen molar-refractivity contribution in [3.05, 3.63) is 58.9 Å². The topological polar surface area (TPSA) is 93.9 Å². The van der Waals surface area contributed by atoms with Crippen LogP contribution < -0.4 is 4.90 Å². The van der Waals surface area contributed by atoms with Crippen LogP contribution in [-0.4, -0.2) is 60.5 Å². The third-order valence-electron chi connectivity index (χ3n) is 7.58. The molecule has 0 saturated carbocycles. The summed E-state index contributed by atoms with van der Waals surface area (Å²) >= 11 is 0. The van der Waals surface area contributed by atoms with Gasteiger partial charge >= 0.3 is 6.09 Å². The van der Waals surface area contributed by atoms with Gasteiger partial charge < -0.3 is 23.9 Å². The summed E-state index contributed by atoms with van der Waals surface area (Å²) in [5, 5.41) is 7.00. The molecular weight excluding hydrogens is 508 g/mol. The van der Waals surface area contributed by atoms with Crippen molar-refractivity contribution in [3.63, 3.8) is 0 Å². The van der Waals surface area contributed by atoms with Gasteiger partial charge in [-0.25, -0.2) is 18.6 Å². The number of imidazole rings is 1. The lowest BCUT2D eigenvalue weighted by atomic mass is 9.95. The number of aldehydes is 1. The van der Waals surface area contributed by atoms with Gasteiger partial charge in [-0.2, -0.15) is 0 Å². The van der Waals surface area contributed by atoms with E-state index in [1.807, 2.05) is 19.1 Å². The molecule has 3 unspecified atom stereocenters. The number of benzene rings is 2. The number of carbonyl (C=O) groups is 2. The van der Waals surface area contributed by atoms with Gasteiger partial charge in [0.2, 0.25) is 0 Å². The number of aromatic nitrogens is 2. The molecule has 8 nitrogen and oxygen atoms in total. The van der Waals surface area contributed by atoms with Gasteiger partial charge in [0.1, 0.15) is 12.1 Å². The molecule has 3 aromatic rings. The van der Waals surface area contributed by atoms with Crippen LogP contribution in [0.4, 0.5) is 19.3 Å². The molecule has 210 valence electrons. The summed E-state index contributed by atoms with van der Waals surface area (Å²) in [6.07, 6.45) is 1.63. The highest BCUT2D eigenvalue weighted by Crippen LogP contribution is 2.39. The third-order valence-corrected chi connectivity index (χ3v) is 7.58. The number of aliphatic hydroxyl groups is 1. The number of hydrogen-bond acceptors (Lipinski definition) is 6. The molecule has 1 saturated heterocycles. The van der Waals surface area contributed by atoms with Crippen molar-refractivity contribution in [1.29, 1.82) is 0 Å². The third kappa shape index (κ3) is 5.67. The monoisotopic (exact) mass is 543 g/mol. The lowest BCUT2D eigenvalue weighted by Gasteiger charge is -2.34. The number of aliphatic hydroxyl groups excluding tert-OH is 1. The molecule has 10 heteroatoms. The molecule has 0 aliphatic carbocycles. The number of carbonyl (C=O) groups excluding carboxylic acids is 2. The largest absolute Gasteiger partial charge is 0.452 e. The smallest absolute Gasteiger partial charge is 0.414 e. The fourth-order valence-corrected chi connectivity index (χ4v) is 5.63. The summed E-state index contributed by atoms with van der Waals surface area (Å²) in [5.41, 5.74) is 4.14. The zero-order valence-electron chi connectivity index (χ0n) is 22.5. The number of halogens is 2. The summed E-state index contributed by atoms with van der Waals surface area (Å²) in [4.78, 5) is 31.5. The quantitative estimate of drug-likeness (QED) is 0.421. The summed E-state index contributed by atoms with van der Waals surface area (Å²) < 4.78 is 39.1. The molecule has 1 N–H and O–H groups in total. The first kappa shape index (κ1) is 28.6. The first-order chi connectivity index (χ1) is 18.9. The van der Waals surface area contributed by atoms with Gasteiger partial charge in [-0.05, 0) is 50.3 Å². The average molecular weight is 544 g/mol. The van der Waals surface area contributed by atoms with E-state index in [1.54, 1.807) is 17.0 Å². The van der Waals surface area contributed by atoms with E-state index in [2.05, 4.69) is 4.57 Å². The fraction of sp³-hybridized carbons (Fsp3) is 0.483. The summed E-state index contributed by atoms with van der Waals surface area (Å²) in [6, 6.07) is 9.93. The van der Waals surface area contributed by atoms with Gasteiger partial charge in [-0.1, -0.05) is 24.3 Å². The Morgan fingerprint density at radius 2 is 1.90 bits per heavy atom. The second-order valence-electron chi connectivity index (χ2n) is 9.84. The number of amides is 1. The zero-order chi connectivity index (χ0) is 28.1. The molecule has 3 atom stereocenters. The molecule has 39 heavy (non-hydrogen) atoms. The molecule has 1 aromatic heterocycles. The number of hydrogen-bond donors (Lipinski definition) is 1. The van der Waals surface area contributed by atoms with Crippen molar-refractivity contribution >= 4 is 29.1 Å². The summed E-state index contributed by atoms with van der Waals surface area (Å²) in [7, 11) is 2.38. The fourth-order valence-electron chi connectivity index (χ4n) is 5.63. The Morgan fingerprint density at radius 1 is 1.18 bits per heavy atom. The molecular formula is C29H35F2N3O5. The molecule has 0 bridgehead atoms. The number of nitrogens with zero attached hydrogens (tertiary/aromatic N) is 3. The van der Waals surface area contributed by atoms with E-state index in [-0.39, 0.29) is 17.6 Å². The first-order valence-electron chi connectivity index (χ1n) is 13.2. The van der Waals surface area contributed by atoms with Gasteiger partial charge in [0.15, 0.2) is 0 Å². The van der Waals surface area contributed by atoms with Crippen molar-refractivity contribution in [2.24, 2.45) is 0 Å². The van der Waals surface area contributed by atoms with Crippen LogP contribution in [0.5, 0.6) is 0 Å². The molecule has 2 aliphatic rings. The number of fused-ring (bicyclic) bond motifs is 3. The zero-order valence-corrected chi connectivity index (χ0v) is 22.5. The molecule has 3 heterocycles. The molecule has 1 amide bonds. The van der Waals surface area contributed by atoms with Crippen molar-refractivity contribution in [2.45, 2.75) is 63.5 Å². The maximum atomic E-state index is 13.0. The molecule has 0 radical (unpaired) electrons. The van der Waals surface area contributed by atoms with Crippen LogP contribution in [0.15, 0.2) is 36.4 Å². The molecule has 5 rings (SSSR count). The van der Waals surface area contributed by atoms with Gasteiger partial charge in [0.05, 0.1) is 36.5 Å². The van der Waals surface area contributed by atoms with E-state index in [0.717, 1.165) is 67.2 Å². The van der Waals surface area contributed by atoms with Crippen LogP contribution in [0.1, 0.15) is 67.1 Å². The molecule has 2 aliphatic heterocycles. The normalized spacial score (nSPS) is 19.7. The summed E-state index contributed by atoms with van der Waals surface area (Å²) in [5.74, 6) is 0.214. The molecule has 0 spiro atoms. The number of aryl methyl sites for hydroxylation is 1. The van der Waals surface area contributed by atoms with E-state index in [0.29, 0.717) is 25.2 Å². The number of ether oxygens (including phenoxy) is 2. The lowest BCUT2D eigenvalue weighted by molar-refractivity contribution is -0.109. The van der Waals surface area contributed by atoms with Crippen LogP contribution in [0.2, 0.25) is 0 Å². The molecule has 2 aromatic carbocycles. The molecule has 1 fully saturated rings. The van der Waals surface area contributed by atoms with Crippen molar-refractivity contribution in [1.82, 2.24) is 9.55 Å². The van der Waals surface area contributed by atoms with Gasteiger partial charge in [0.25, 0.3) is 6.43 Å². The Morgan fingerprint density at radius 3 is 2.51 bits per heavy atom. The van der Waals surface area contributed by atoms with Crippen molar-refractivity contribution in [2.75, 3.05) is 32.3 Å². The van der Waals surface area contributed by atoms with Gasteiger partial charge in [0, 0.05) is 43.2 Å². The summed E-state index contributed by atoms with van der Waals surface area (Å²) in [6.45, 7) is 3.27. The Hall–Kier alpha value is -3.37. The van der Waals surface area contributed by atoms with Crippen LogP contribution in [0, 0.1) is 0 Å². The van der Waals surface area contributed by atoms with Crippen LogP contribution in [0.3, 0.4) is 0 Å². The van der Waals surface area contributed by atoms with Crippen molar-refractivity contribution < 1.29 is 33.0 Å². The van der Waals surface area contributed by atoms with Crippen LogP contribution >= 0.6 is 0 Å². The lowest BCUT2D eigenvalue weighted by Crippen LogP contribution is -2.42. The SMILES string of the molecule is CO.COC(=O)N1c2ccc3c(nc(CC(C=O)c4ccc(C(F)F)cc4)n3C3CCCOC3)c2CCC1C. The average Bonchev–Trinajstić information content (AvgIpc) is 3.35. The number of methoxy groups -OCH3 is 1. The Bertz CT molecular complexity index is 1290. The minimum Gasteiger partial charge on any atom is -0.452 e. The van der Waals surface area contributed by atoms with Gasteiger partial charge in [-0.15, -0.1) is 0 Å². The predicted octanol–water partition coefficient (Wildman–Crippen LogP) is 5.37. The minimum atomic E-state index is -2.56. The Labute approximate surface area is 226 Å². The number of anilines is 1.